The molecule has 0 spiro atoms. The Morgan fingerprint density at radius 3 is 2.65 bits per heavy atom. The highest BCUT2D eigenvalue weighted by Gasteiger charge is 2.46. The maximum atomic E-state index is 12.4. The summed E-state index contributed by atoms with van der Waals surface area (Å²) >= 11 is 0. The summed E-state index contributed by atoms with van der Waals surface area (Å²) in [5.41, 5.74) is -1.10. The normalized spacial score (nSPS) is 23.0. The molecule has 1 aromatic carbocycles. The van der Waals surface area contributed by atoms with Crippen LogP contribution in [0.25, 0.3) is 0 Å². The van der Waals surface area contributed by atoms with Gasteiger partial charge in [-0.25, -0.2) is 0 Å². The minimum Gasteiger partial charge on any atom is -0.405 e. The van der Waals surface area contributed by atoms with Crippen molar-refractivity contribution < 1.29 is 32.9 Å². The molecule has 0 aliphatic heterocycles. The Morgan fingerprint density at radius 1 is 1.39 bits per heavy atom. The van der Waals surface area contributed by atoms with E-state index in [1.165, 1.54) is 25.1 Å². The van der Waals surface area contributed by atoms with Crippen LogP contribution < -0.4 is 10.1 Å². The minimum atomic E-state index is -4.79. The van der Waals surface area contributed by atoms with Gasteiger partial charge in [-0.05, 0) is 30.9 Å². The third-order valence-corrected chi connectivity index (χ3v) is 3.66. The summed E-state index contributed by atoms with van der Waals surface area (Å²) < 4.78 is 41.2. The molecule has 8 heteroatoms. The van der Waals surface area contributed by atoms with Gasteiger partial charge < -0.3 is 20.3 Å². The number of amides is 1. The number of carbonyl (C=O) groups excluding carboxylic acids is 1. The van der Waals surface area contributed by atoms with Crippen molar-refractivity contribution in [2.75, 3.05) is 13.2 Å². The van der Waals surface area contributed by atoms with Crippen LogP contribution in [-0.2, 0) is 4.79 Å². The Kier molecular flexibility index (Phi) is 4.86. The van der Waals surface area contributed by atoms with Crippen LogP contribution in [0.1, 0.15) is 24.8 Å². The number of hydrogen-bond donors (Lipinski definition) is 3. The van der Waals surface area contributed by atoms with E-state index in [4.69, 9.17) is 5.11 Å². The van der Waals surface area contributed by atoms with Crippen molar-refractivity contribution in [3.63, 3.8) is 0 Å². The Labute approximate surface area is 131 Å². The van der Waals surface area contributed by atoms with Crippen LogP contribution in [0, 0.1) is 5.92 Å². The molecule has 0 radical (unpaired) electrons. The fourth-order valence-corrected chi connectivity index (χ4v) is 2.30. The topological polar surface area (TPSA) is 78.8 Å². The molecule has 3 N–H and O–H groups in total. The van der Waals surface area contributed by atoms with Gasteiger partial charge in [0.25, 0.3) is 0 Å². The van der Waals surface area contributed by atoms with Gasteiger partial charge in [0.15, 0.2) is 0 Å². The fraction of sp³-hybridized carbons (Fsp3) is 0.533. The lowest BCUT2D eigenvalue weighted by Crippen LogP contribution is -2.43. The molecule has 1 aromatic rings. The summed E-state index contributed by atoms with van der Waals surface area (Å²) in [5, 5.41) is 21.0. The highest BCUT2D eigenvalue weighted by atomic mass is 19.4. The van der Waals surface area contributed by atoms with Gasteiger partial charge >= 0.3 is 6.36 Å². The first-order valence-corrected chi connectivity index (χ1v) is 7.08. The molecule has 128 valence electrons. The molecule has 5 nitrogen and oxygen atoms in total. The van der Waals surface area contributed by atoms with Crippen LogP contribution in [-0.4, -0.2) is 41.2 Å². The number of hydrogen-bond acceptors (Lipinski definition) is 4. The van der Waals surface area contributed by atoms with Crippen LogP contribution in [0.15, 0.2) is 24.3 Å². The van der Waals surface area contributed by atoms with Crippen LogP contribution >= 0.6 is 0 Å². The molecule has 0 heterocycles. The van der Waals surface area contributed by atoms with E-state index >= 15 is 0 Å². The first-order valence-electron chi connectivity index (χ1n) is 7.08. The standard InChI is InChI=1S/C15H18F3NO4/c1-14(22,8-20)7-19-13(21)11-6-10(11)9-4-2-3-5-12(9)23-15(16,17)18/h2-5,10-11,20,22H,6-8H2,1H3,(H,19,21). The lowest BCUT2D eigenvalue weighted by atomic mass is 10.1. The van der Waals surface area contributed by atoms with E-state index in [0.29, 0.717) is 12.0 Å². The minimum absolute atomic E-state index is 0.133. The first kappa shape index (κ1) is 17.6. The molecule has 1 fully saturated rings. The van der Waals surface area contributed by atoms with Gasteiger partial charge in [-0.3, -0.25) is 4.79 Å². The number of para-hydroxylation sites is 1. The third-order valence-electron chi connectivity index (χ3n) is 3.66. The van der Waals surface area contributed by atoms with E-state index in [-0.39, 0.29) is 24.1 Å². The van der Waals surface area contributed by atoms with Gasteiger partial charge in [0.2, 0.25) is 5.91 Å². The number of halogens is 3. The summed E-state index contributed by atoms with van der Waals surface area (Å²) in [4.78, 5) is 12.0. The molecule has 1 aliphatic carbocycles. The van der Waals surface area contributed by atoms with Gasteiger partial charge in [0, 0.05) is 12.5 Å². The van der Waals surface area contributed by atoms with Crippen molar-refractivity contribution in [1.29, 1.82) is 0 Å². The van der Waals surface area contributed by atoms with E-state index in [1.807, 2.05) is 0 Å². The molecule has 3 atom stereocenters. The zero-order valence-corrected chi connectivity index (χ0v) is 12.4. The van der Waals surface area contributed by atoms with Crippen LogP contribution in [0.2, 0.25) is 0 Å². The van der Waals surface area contributed by atoms with Crippen LogP contribution in [0.3, 0.4) is 0 Å². The van der Waals surface area contributed by atoms with Gasteiger partial charge in [0.05, 0.1) is 6.61 Å². The molecule has 0 aromatic heterocycles. The predicted molar refractivity (Wildman–Crippen MR) is 74.7 cm³/mol. The monoisotopic (exact) mass is 333 g/mol. The largest absolute Gasteiger partial charge is 0.573 e. The first-order chi connectivity index (χ1) is 10.6. The number of ether oxygens (including phenoxy) is 1. The highest BCUT2D eigenvalue weighted by Crippen LogP contribution is 2.51. The van der Waals surface area contributed by atoms with Gasteiger partial charge in [-0.15, -0.1) is 13.2 Å². The molecular formula is C15H18F3NO4. The summed E-state index contributed by atoms with van der Waals surface area (Å²) in [5.74, 6) is -1.50. The Bertz CT molecular complexity index is 574. The Morgan fingerprint density at radius 2 is 2.04 bits per heavy atom. The zero-order valence-electron chi connectivity index (χ0n) is 12.4. The van der Waals surface area contributed by atoms with E-state index < -0.39 is 24.5 Å². The quantitative estimate of drug-likeness (QED) is 0.738. The van der Waals surface area contributed by atoms with Crippen molar-refractivity contribution in [1.82, 2.24) is 5.32 Å². The molecule has 1 amide bonds. The van der Waals surface area contributed by atoms with Crippen molar-refractivity contribution in [3.8, 4) is 5.75 Å². The summed E-state index contributed by atoms with van der Waals surface area (Å²) in [6.07, 6.45) is -4.38. The maximum absolute atomic E-state index is 12.4. The zero-order chi connectivity index (χ0) is 17.3. The molecule has 0 bridgehead atoms. The summed E-state index contributed by atoms with van der Waals surface area (Å²) in [7, 11) is 0. The molecule has 1 saturated carbocycles. The second kappa shape index (κ2) is 6.37. The Hall–Kier alpha value is -1.80. The van der Waals surface area contributed by atoms with E-state index in [2.05, 4.69) is 10.1 Å². The number of aliphatic hydroxyl groups excluding tert-OH is 1. The number of alkyl halides is 3. The second-order valence-electron chi connectivity index (χ2n) is 5.91. The fourth-order valence-electron chi connectivity index (χ4n) is 2.30. The average molecular weight is 333 g/mol. The highest BCUT2D eigenvalue weighted by molar-refractivity contribution is 5.83. The van der Waals surface area contributed by atoms with Crippen molar-refractivity contribution in [2.45, 2.75) is 31.2 Å². The van der Waals surface area contributed by atoms with Gasteiger partial charge in [-0.2, -0.15) is 0 Å². The SMILES string of the molecule is CC(O)(CO)CNC(=O)C1CC1c1ccccc1OC(F)(F)F. The number of benzene rings is 1. The molecule has 1 aliphatic rings. The van der Waals surface area contributed by atoms with E-state index in [0.717, 1.165) is 0 Å². The summed E-state index contributed by atoms with van der Waals surface area (Å²) in [6.45, 7) is 0.722. The number of nitrogens with one attached hydrogen (secondary N) is 1. The molecule has 2 rings (SSSR count). The summed E-state index contributed by atoms with van der Waals surface area (Å²) in [6, 6.07) is 5.73. The van der Waals surface area contributed by atoms with Crippen LogP contribution in [0.4, 0.5) is 13.2 Å². The number of carbonyl (C=O) groups is 1. The van der Waals surface area contributed by atoms with Gasteiger partial charge in [-0.1, -0.05) is 18.2 Å². The molecular weight excluding hydrogens is 315 g/mol. The van der Waals surface area contributed by atoms with Crippen molar-refractivity contribution in [2.24, 2.45) is 5.92 Å². The average Bonchev–Trinajstić information content (AvgIpc) is 3.24. The maximum Gasteiger partial charge on any atom is 0.573 e. The Balaban J connectivity index is 2.00. The second-order valence-corrected chi connectivity index (χ2v) is 5.91. The lowest BCUT2D eigenvalue weighted by molar-refractivity contribution is -0.274. The van der Waals surface area contributed by atoms with Gasteiger partial charge in [0.1, 0.15) is 11.4 Å². The lowest BCUT2D eigenvalue weighted by Gasteiger charge is -2.20. The van der Waals surface area contributed by atoms with Crippen molar-refractivity contribution >= 4 is 5.91 Å². The van der Waals surface area contributed by atoms with E-state index in [1.54, 1.807) is 6.07 Å². The number of aliphatic hydroxyl groups is 2. The van der Waals surface area contributed by atoms with E-state index in [9.17, 15) is 23.1 Å². The number of rotatable bonds is 6. The molecule has 3 unspecified atom stereocenters. The van der Waals surface area contributed by atoms with Crippen LogP contribution in [0.5, 0.6) is 5.75 Å². The van der Waals surface area contributed by atoms with Crippen molar-refractivity contribution in [3.05, 3.63) is 29.8 Å². The predicted octanol–water partition coefficient (Wildman–Crippen LogP) is 1.55. The smallest absolute Gasteiger partial charge is 0.405 e. The molecule has 23 heavy (non-hydrogen) atoms. The third kappa shape index (κ3) is 4.84. The molecule has 0 saturated heterocycles.